The van der Waals surface area contributed by atoms with Crippen LogP contribution in [-0.2, 0) is 25.8 Å². The largest absolute Gasteiger partial charge is 0.465 e. The number of sulfone groups is 1. The normalized spacial score (nSPS) is 11.1. The van der Waals surface area contributed by atoms with Crippen LogP contribution in [0.4, 0.5) is 0 Å². The van der Waals surface area contributed by atoms with Gasteiger partial charge in [-0.3, -0.25) is 4.79 Å². The molecule has 0 unspecified atom stereocenters. The standard InChI is InChI=1S/C12H16O4S/c1-11(13)16-8-10-17(14,15)9-7-12-5-3-2-4-6-12/h2-6H,7-10H2,1H3. The van der Waals surface area contributed by atoms with Gasteiger partial charge in [-0.15, -0.1) is 0 Å². The highest BCUT2D eigenvalue weighted by Gasteiger charge is 2.11. The third kappa shape index (κ3) is 6.06. The van der Waals surface area contributed by atoms with Crippen LogP contribution in [0.5, 0.6) is 0 Å². The van der Waals surface area contributed by atoms with E-state index < -0.39 is 15.8 Å². The maximum atomic E-state index is 11.6. The molecule has 1 aromatic rings. The minimum Gasteiger partial charge on any atom is -0.465 e. The van der Waals surface area contributed by atoms with E-state index in [0.717, 1.165) is 5.56 Å². The van der Waals surface area contributed by atoms with Crippen molar-refractivity contribution in [1.29, 1.82) is 0 Å². The number of carbonyl (C=O) groups is 1. The summed E-state index contributed by atoms with van der Waals surface area (Å²) in [6.45, 7) is 1.20. The lowest BCUT2D eigenvalue weighted by Gasteiger charge is -2.04. The molecule has 0 bridgehead atoms. The Bertz CT molecular complexity index is 451. The Morgan fingerprint density at radius 2 is 1.82 bits per heavy atom. The molecular formula is C12H16O4S. The first-order valence-electron chi connectivity index (χ1n) is 5.37. The van der Waals surface area contributed by atoms with E-state index in [2.05, 4.69) is 4.74 Å². The second-order valence-corrected chi connectivity index (χ2v) is 6.03. The smallest absolute Gasteiger partial charge is 0.302 e. The molecule has 1 aromatic carbocycles. The molecular weight excluding hydrogens is 240 g/mol. The summed E-state index contributed by atoms with van der Waals surface area (Å²) in [5.74, 6) is -0.485. The molecule has 0 heterocycles. The van der Waals surface area contributed by atoms with Crippen molar-refractivity contribution in [1.82, 2.24) is 0 Å². The van der Waals surface area contributed by atoms with Crippen molar-refractivity contribution in [2.75, 3.05) is 18.1 Å². The summed E-state index contributed by atoms with van der Waals surface area (Å²) in [5, 5.41) is 0. The number of ether oxygens (including phenoxy) is 1. The van der Waals surface area contributed by atoms with Crippen molar-refractivity contribution < 1.29 is 17.9 Å². The van der Waals surface area contributed by atoms with E-state index in [-0.39, 0.29) is 18.1 Å². The van der Waals surface area contributed by atoms with Crippen molar-refractivity contribution >= 4 is 15.8 Å². The molecule has 0 aliphatic rings. The maximum absolute atomic E-state index is 11.6. The van der Waals surface area contributed by atoms with Gasteiger partial charge in [0.05, 0.1) is 11.5 Å². The van der Waals surface area contributed by atoms with Crippen LogP contribution in [0.3, 0.4) is 0 Å². The Labute approximate surface area is 102 Å². The van der Waals surface area contributed by atoms with Gasteiger partial charge in [0, 0.05) is 6.92 Å². The van der Waals surface area contributed by atoms with Crippen molar-refractivity contribution in [3.63, 3.8) is 0 Å². The van der Waals surface area contributed by atoms with Crippen LogP contribution in [-0.4, -0.2) is 32.5 Å². The SMILES string of the molecule is CC(=O)OCCS(=O)(=O)CCc1ccccc1. The summed E-state index contributed by atoms with van der Waals surface area (Å²) in [6.07, 6.45) is 0.489. The molecule has 17 heavy (non-hydrogen) atoms. The fourth-order valence-corrected chi connectivity index (χ4v) is 2.42. The van der Waals surface area contributed by atoms with E-state index in [1.807, 2.05) is 30.3 Å². The molecule has 0 radical (unpaired) electrons. The minimum absolute atomic E-state index is 0.0630. The van der Waals surface area contributed by atoms with Gasteiger partial charge < -0.3 is 4.74 Å². The van der Waals surface area contributed by atoms with E-state index in [9.17, 15) is 13.2 Å². The second kappa shape index (κ2) is 6.39. The van der Waals surface area contributed by atoms with E-state index >= 15 is 0 Å². The Morgan fingerprint density at radius 3 is 2.41 bits per heavy atom. The zero-order valence-electron chi connectivity index (χ0n) is 9.76. The summed E-state index contributed by atoms with van der Waals surface area (Å²) in [6, 6.07) is 9.42. The highest BCUT2D eigenvalue weighted by atomic mass is 32.2. The van der Waals surface area contributed by atoms with Crippen LogP contribution in [0.2, 0.25) is 0 Å². The molecule has 0 atom stereocenters. The Hall–Kier alpha value is -1.36. The van der Waals surface area contributed by atoms with E-state index in [0.29, 0.717) is 6.42 Å². The Balaban J connectivity index is 2.37. The molecule has 0 amide bonds. The minimum atomic E-state index is -3.15. The lowest BCUT2D eigenvalue weighted by atomic mass is 10.2. The van der Waals surface area contributed by atoms with Gasteiger partial charge in [-0.25, -0.2) is 8.42 Å². The molecule has 0 spiro atoms. The third-order valence-electron chi connectivity index (χ3n) is 2.24. The molecule has 5 heteroatoms. The molecule has 0 N–H and O–H groups in total. The van der Waals surface area contributed by atoms with Crippen LogP contribution in [0.25, 0.3) is 0 Å². The number of hydrogen-bond acceptors (Lipinski definition) is 4. The second-order valence-electron chi connectivity index (χ2n) is 3.73. The van der Waals surface area contributed by atoms with Crippen molar-refractivity contribution in [2.24, 2.45) is 0 Å². The molecule has 94 valence electrons. The quantitative estimate of drug-likeness (QED) is 0.718. The fourth-order valence-electron chi connectivity index (χ4n) is 1.33. The summed E-state index contributed by atoms with van der Waals surface area (Å²) in [7, 11) is -3.15. The van der Waals surface area contributed by atoms with Gasteiger partial charge in [-0.1, -0.05) is 30.3 Å². The number of carbonyl (C=O) groups excluding carboxylic acids is 1. The highest BCUT2D eigenvalue weighted by molar-refractivity contribution is 7.91. The molecule has 0 aromatic heterocycles. The number of esters is 1. The van der Waals surface area contributed by atoms with Crippen LogP contribution in [0.1, 0.15) is 12.5 Å². The first-order valence-corrected chi connectivity index (χ1v) is 7.19. The van der Waals surface area contributed by atoms with Crippen LogP contribution in [0.15, 0.2) is 30.3 Å². The van der Waals surface area contributed by atoms with Crippen molar-refractivity contribution in [3.05, 3.63) is 35.9 Å². The molecule has 0 saturated heterocycles. The number of rotatable bonds is 6. The van der Waals surface area contributed by atoms with Gasteiger partial charge in [-0.2, -0.15) is 0 Å². The van der Waals surface area contributed by atoms with Gasteiger partial charge >= 0.3 is 5.97 Å². The summed E-state index contributed by atoms with van der Waals surface area (Å²) in [4.78, 5) is 10.5. The highest BCUT2D eigenvalue weighted by Crippen LogP contribution is 2.02. The lowest BCUT2D eigenvalue weighted by Crippen LogP contribution is -2.18. The maximum Gasteiger partial charge on any atom is 0.302 e. The zero-order valence-corrected chi connectivity index (χ0v) is 10.6. The first kappa shape index (κ1) is 13.7. The molecule has 0 saturated carbocycles. The summed E-state index contributed by atoms with van der Waals surface area (Å²) >= 11 is 0. The summed E-state index contributed by atoms with van der Waals surface area (Å²) < 4.78 is 27.8. The predicted molar refractivity (Wildman–Crippen MR) is 65.4 cm³/mol. The Morgan fingerprint density at radius 1 is 1.18 bits per heavy atom. The first-order chi connectivity index (χ1) is 7.99. The topological polar surface area (TPSA) is 60.4 Å². The van der Waals surface area contributed by atoms with Crippen LogP contribution >= 0.6 is 0 Å². The van der Waals surface area contributed by atoms with Gasteiger partial charge in [0.25, 0.3) is 0 Å². The van der Waals surface area contributed by atoms with Gasteiger partial charge in [0.15, 0.2) is 9.84 Å². The molecule has 0 aliphatic heterocycles. The number of benzene rings is 1. The average Bonchev–Trinajstić information content (AvgIpc) is 2.27. The fraction of sp³-hybridized carbons (Fsp3) is 0.417. The number of hydrogen-bond donors (Lipinski definition) is 0. The van der Waals surface area contributed by atoms with Gasteiger partial charge in [0.2, 0.25) is 0 Å². The van der Waals surface area contributed by atoms with Crippen molar-refractivity contribution in [3.8, 4) is 0 Å². The average molecular weight is 256 g/mol. The van der Waals surface area contributed by atoms with E-state index in [1.54, 1.807) is 0 Å². The monoisotopic (exact) mass is 256 g/mol. The summed E-state index contributed by atoms with van der Waals surface area (Å²) in [5.41, 5.74) is 0.989. The van der Waals surface area contributed by atoms with Crippen LogP contribution in [0, 0.1) is 0 Å². The molecule has 4 nitrogen and oxygen atoms in total. The molecule has 1 rings (SSSR count). The molecule has 0 aliphatic carbocycles. The lowest BCUT2D eigenvalue weighted by molar-refractivity contribution is -0.140. The van der Waals surface area contributed by atoms with Crippen molar-refractivity contribution in [2.45, 2.75) is 13.3 Å². The van der Waals surface area contributed by atoms with E-state index in [4.69, 9.17) is 0 Å². The number of aryl methyl sites for hydroxylation is 1. The Kier molecular flexibility index (Phi) is 5.15. The third-order valence-corrected chi connectivity index (χ3v) is 3.86. The van der Waals surface area contributed by atoms with Gasteiger partial charge in [0.1, 0.15) is 6.61 Å². The predicted octanol–water partition coefficient (Wildman–Crippen LogP) is 1.21. The van der Waals surface area contributed by atoms with Gasteiger partial charge in [-0.05, 0) is 12.0 Å². The molecule has 0 fully saturated rings. The zero-order chi connectivity index (χ0) is 12.7. The van der Waals surface area contributed by atoms with E-state index in [1.165, 1.54) is 6.92 Å². The van der Waals surface area contributed by atoms with Crippen LogP contribution < -0.4 is 0 Å².